The molecule has 6 heteroatoms. The van der Waals surface area contributed by atoms with Gasteiger partial charge in [-0.15, -0.1) is 0 Å². The van der Waals surface area contributed by atoms with Crippen molar-refractivity contribution in [1.82, 2.24) is 9.88 Å². The number of likely N-dealkylation sites (tertiary alicyclic amines) is 1. The topological polar surface area (TPSA) is 76.6 Å². The molecule has 0 saturated carbocycles. The molecule has 1 aromatic heterocycles. The number of aryl methyl sites for hydroxylation is 1. The molecule has 0 unspecified atom stereocenters. The van der Waals surface area contributed by atoms with E-state index in [9.17, 15) is 14.4 Å². The molecule has 1 aromatic rings. The maximum atomic E-state index is 12.3. The highest BCUT2D eigenvalue weighted by Gasteiger charge is 2.36. The van der Waals surface area contributed by atoms with Gasteiger partial charge < -0.3 is 9.64 Å². The summed E-state index contributed by atoms with van der Waals surface area (Å²) in [4.78, 5) is 42.3. The molecule has 0 N–H and O–H groups in total. The predicted molar refractivity (Wildman–Crippen MR) is 97.5 cm³/mol. The molecule has 0 radical (unpaired) electrons. The first-order valence-corrected chi connectivity index (χ1v) is 9.32. The summed E-state index contributed by atoms with van der Waals surface area (Å²) in [5, 5.41) is 0. The molecule has 2 rings (SSSR count). The van der Waals surface area contributed by atoms with Gasteiger partial charge in [-0.05, 0) is 50.7 Å². The summed E-state index contributed by atoms with van der Waals surface area (Å²) in [6.07, 6.45) is 5.93. The minimum absolute atomic E-state index is 0.0494. The highest BCUT2D eigenvalue weighted by atomic mass is 16.6. The number of Topliss-reactive ketones (excluding diaryl/α,β-unsaturated/α-hetero) is 1. The van der Waals surface area contributed by atoms with Crippen molar-refractivity contribution < 1.29 is 19.1 Å². The number of hydrogen-bond acceptors (Lipinski definition) is 5. The van der Waals surface area contributed by atoms with E-state index in [0.717, 1.165) is 37.8 Å². The van der Waals surface area contributed by atoms with Gasteiger partial charge in [-0.1, -0.05) is 26.8 Å². The normalized spacial score (nSPS) is 17.2. The fourth-order valence-electron chi connectivity index (χ4n) is 3.06. The second-order valence-corrected chi connectivity index (χ2v) is 7.42. The predicted octanol–water partition coefficient (Wildman–Crippen LogP) is 3.54. The van der Waals surface area contributed by atoms with E-state index in [2.05, 4.69) is 4.98 Å². The van der Waals surface area contributed by atoms with E-state index in [0.29, 0.717) is 13.0 Å². The van der Waals surface area contributed by atoms with E-state index in [4.69, 9.17) is 4.74 Å². The Morgan fingerprint density at radius 2 is 2.08 bits per heavy atom. The minimum Gasteiger partial charge on any atom is -0.370 e. The third-order valence-corrected chi connectivity index (χ3v) is 5.17. The van der Waals surface area contributed by atoms with Gasteiger partial charge in [-0.25, -0.2) is 9.59 Å². The molecule has 0 aliphatic carbocycles. The van der Waals surface area contributed by atoms with Crippen LogP contribution < -0.4 is 0 Å². The van der Waals surface area contributed by atoms with Gasteiger partial charge in [-0.3, -0.25) is 9.78 Å². The number of amides is 1. The molecule has 0 aromatic carbocycles. The third kappa shape index (κ3) is 5.13. The number of pyridine rings is 1. The number of carbonyl (C=O) groups is 3. The van der Waals surface area contributed by atoms with Gasteiger partial charge in [0.15, 0.2) is 0 Å². The molecule has 0 bridgehead atoms. The summed E-state index contributed by atoms with van der Waals surface area (Å²) in [5.74, 6) is -1.71. The molecule has 1 fully saturated rings. The summed E-state index contributed by atoms with van der Waals surface area (Å²) < 4.78 is 4.87. The molecule has 0 spiro atoms. The van der Waals surface area contributed by atoms with Crippen LogP contribution in [0.15, 0.2) is 24.4 Å². The van der Waals surface area contributed by atoms with Crippen molar-refractivity contribution in [3.05, 3.63) is 30.1 Å². The van der Waals surface area contributed by atoms with Crippen LogP contribution in [0.4, 0.5) is 4.79 Å². The van der Waals surface area contributed by atoms with Gasteiger partial charge >= 0.3 is 12.1 Å². The lowest BCUT2D eigenvalue weighted by atomic mass is 9.85. The SMILES string of the molecule is CCC(C)(C)C(=O)C(=O)OC(=O)N1CCC[C@@H]1CCCc1ccccn1. The van der Waals surface area contributed by atoms with Crippen LogP contribution in [0.3, 0.4) is 0 Å². The van der Waals surface area contributed by atoms with Crippen LogP contribution in [0, 0.1) is 5.41 Å². The lowest BCUT2D eigenvalue weighted by molar-refractivity contribution is -0.154. The maximum absolute atomic E-state index is 12.3. The number of esters is 1. The molecule has 6 nitrogen and oxygen atoms in total. The molecule has 1 saturated heterocycles. The Morgan fingerprint density at radius 3 is 2.73 bits per heavy atom. The Hall–Kier alpha value is -2.24. The quantitative estimate of drug-likeness (QED) is 0.422. The van der Waals surface area contributed by atoms with Crippen molar-refractivity contribution in [2.45, 2.75) is 65.3 Å². The average molecular weight is 360 g/mol. The summed E-state index contributed by atoms with van der Waals surface area (Å²) in [7, 11) is 0. The molecule has 2 heterocycles. The third-order valence-electron chi connectivity index (χ3n) is 5.17. The van der Waals surface area contributed by atoms with Crippen LogP contribution in [-0.4, -0.2) is 40.3 Å². The first-order valence-electron chi connectivity index (χ1n) is 9.32. The van der Waals surface area contributed by atoms with Gasteiger partial charge in [0, 0.05) is 29.9 Å². The Morgan fingerprint density at radius 1 is 1.31 bits per heavy atom. The van der Waals surface area contributed by atoms with Crippen molar-refractivity contribution in [2.24, 2.45) is 5.41 Å². The lowest BCUT2D eigenvalue weighted by Gasteiger charge is -2.24. The first kappa shape index (κ1) is 20.1. The standard InChI is InChI=1S/C20H28N2O4/c1-4-20(2,3)17(23)18(24)26-19(25)22-14-8-12-16(22)11-7-10-15-9-5-6-13-21-15/h5-6,9,13,16H,4,7-8,10-12,14H2,1-3H3/t16-/m0/s1. The maximum Gasteiger partial charge on any atom is 0.418 e. The van der Waals surface area contributed by atoms with Gasteiger partial charge in [-0.2, -0.15) is 0 Å². The smallest absolute Gasteiger partial charge is 0.370 e. The molecule has 142 valence electrons. The fraction of sp³-hybridized carbons (Fsp3) is 0.600. The van der Waals surface area contributed by atoms with Gasteiger partial charge in [0.1, 0.15) is 0 Å². The Labute approximate surface area is 154 Å². The highest BCUT2D eigenvalue weighted by molar-refractivity contribution is 6.37. The summed E-state index contributed by atoms with van der Waals surface area (Å²) >= 11 is 0. The number of ether oxygens (including phenoxy) is 1. The van der Waals surface area contributed by atoms with Crippen molar-refractivity contribution in [3.8, 4) is 0 Å². The van der Waals surface area contributed by atoms with Crippen LogP contribution in [0.25, 0.3) is 0 Å². The monoisotopic (exact) mass is 360 g/mol. The van der Waals surface area contributed by atoms with Crippen LogP contribution in [0.5, 0.6) is 0 Å². The number of aromatic nitrogens is 1. The average Bonchev–Trinajstić information content (AvgIpc) is 3.10. The van der Waals surface area contributed by atoms with E-state index in [1.54, 1.807) is 24.9 Å². The fourth-order valence-corrected chi connectivity index (χ4v) is 3.06. The van der Waals surface area contributed by atoms with E-state index in [1.807, 2.05) is 25.1 Å². The van der Waals surface area contributed by atoms with Crippen molar-refractivity contribution in [3.63, 3.8) is 0 Å². The number of hydrogen-bond donors (Lipinski definition) is 0. The zero-order valence-electron chi connectivity index (χ0n) is 15.9. The molecule has 1 amide bonds. The Bertz CT molecular complexity index is 642. The van der Waals surface area contributed by atoms with Gasteiger partial charge in [0.2, 0.25) is 5.78 Å². The van der Waals surface area contributed by atoms with E-state index in [1.165, 1.54) is 0 Å². The van der Waals surface area contributed by atoms with Crippen LogP contribution in [0.1, 0.15) is 58.6 Å². The first-order chi connectivity index (χ1) is 12.3. The number of ketones is 1. The van der Waals surface area contributed by atoms with E-state index < -0.39 is 23.3 Å². The van der Waals surface area contributed by atoms with E-state index >= 15 is 0 Å². The summed E-state index contributed by atoms with van der Waals surface area (Å²) in [5.41, 5.74) is 0.215. The second-order valence-electron chi connectivity index (χ2n) is 7.42. The Balaban J connectivity index is 1.85. The van der Waals surface area contributed by atoms with E-state index in [-0.39, 0.29) is 6.04 Å². The van der Waals surface area contributed by atoms with Crippen LogP contribution in [-0.2, 0) is 20.7 Å². The lowest BCUT2D eigenvalue weighted by Crippen LogP contribution is -2.40. The zero-order valence-corrected chi connectivity index (χ0v) is 15.9. The number of rotatable bonds is 7. The molecule has 1 aliphatic rings. The molecular formula is C20H28N2O4. The van der Waals surface area contributed by atoms with Crippen molar-refractivity contribution in [1.29, 1.82) is 0 Å². The second kappa shape index (κ2) is 8.92. The van der Waals surface area contributed by atoms with Gasteiger partial charge in [0.05, 0.1) is 0 Å². The van der Waals surface area contributed by atoms with Crippen LogP contribution in [0.2, 0.25) is 0 Å². The zero-order chi connectivity index (χ0) is 19.2. The summed E-state index contributed by atoms with van der Waals surface area (Å²) in [6.45, 7) is 5.74. The molecule has 26 heavy (non-hydrogen) atoms. The highest BCUT2D eigenvalue weighted by Crippen LogP contribution is 2.25. The van der Waals surface area contributed by atoms with Crippen molar-refractivity contribution in [2.75, 3.05) is 6.54 Å². The van der Waals surface area contributed by atoms with Gasteiger partial charge in [0.25, 0.3) is 0 Å². The largest absolute Gasteiger partial charge is 0.418 e. The number of nitrogens with zero attached hydrogens (tertiary/aromatic N) is 2. The molecule has 1 atom stereocenters. The summed E-state index contributed by atoms with van der Waals surface area (Å²) in [6, 6.07) is 5.88. The number of carbonyl (C=O) groups excluding carboxylic acids is 3. The Kier molecular flexibility index (Phi) is 6.89. The van der Waals surface area contributed by atoms with Crippen LogP contribution >= 0.6 is 0 Å². The minimum atomic E-state index is -1.05. The molecule has 1 aliphatic heterocycles. The van der Waals surface area contributed by atoms with Crippen molar-refractivity contribution >= 4 is 17.8 Å². The molecular weight excluding hydrogens is 332 g/mol.